The number of nitrogens with one attached hydrogen (secondary N) is 2. The number of carbonyl (C=O) groups excluding carboxylic acids is 1. The molecule has 0 fully saturated rings. The van der Waals surface area contributed by atoms with Crippen LogP contribution in [-0.4, -0.2) is 53.1 Å². The van der Waals surface area contributed by atoms with Crippen LogP contribution < -0.4 is 14.8 Å². The van der Waals surface area contributed by atoms with E-state index in [0.29, 0.717) is 11.6 Å². The number of ether oxygens (including phenoxy) is 2. The molecule has 0 bridgehead atoms. The third-order valence-electron chi connectivity index (χ3n) is 4.12. The molecule has 0 saturated carbocycles. The molecule has 1 unspecified atom stereocenters. The van der Waals surface area contributed by atoms with Crippen LogP contribution in [-0.2, 0) is 9.84 Å². The van der Waals surface area contributed by atoms with Gasteiger partial charge in [-0.3, -0.25) is 9.89 Å². The topological polar surface area (TPSA) is 144 Å². The average Bonchev–Trinajstić information content (AvgIpc) is 3.27. The van der Waals surface area contributed by atoms with Crippen LogP contribution in [0.3, 0.4) is 0 Å². The number of nitrogens with zero attached hydrogens (tertiary/aromatic N) is 2. The number of carbonyl (C=O) groups is 1. The maximum Gasteiger partial charge on any atom is 0.257 e. The van der Waals surface area contributed by atoms with Crippen molar-refractivity contribution in [2.24, 2.45) is 0 Å². The number of aliphatic hydroxyl groups excluding tert-OH is 1. The molecular formula is C20H22N4O6S. The lowest BCUT2D eigenvalue weighted by Gasteiger charge is -2.15. The van der Waals surface area contributed by atoms with Crippen molar-refractivity contribution in [1.29, 1.82) is 0 Å². The van der Waals surface area contributed by atoms with Gasteiger partial charge in [-0.15, -0.1) is 0 Å². The molecule has 0 aliphatic carbocycles. The number of H-pyrrole nitrogens is 1. The van der Waals surface area contributed by atoms with Gasteiger partial charge in [0.2, 0.25) is 0 Å². The summed E-state index contributed by atoms with van der Waals surface area (Å²) in [5.41, 5.74) is 0.235. The first-order valence-electron chi connectivity index (χ1n) is 9.41. The second-order valence-corrected chi connectivity index (χ2v) is 8.78. The molecule has 2 aromatic heterocycles. The molecule has 31 heavy (non-hydrogen) atoms. The van der Waals surface area contributed by atoms with Crippen molar-refractivity contribution in [1.82, 2.24) is 15.2 Å². The van der Waals surface area contributed by atoms with E-state index in [0.717, 1.165) is 0 Å². The highest BCUT2D eigenvalue weighted by Gasteiger charge is 2.15. The molecule has 164 valence electrons. The normalized spacial score (nSPS) is 12.2. The zero-order chi connectivity index (χ0) is 22.4. The van der Waals surface area contributed by atoms with Crippen molar-refractivity contribution < 1.29 is 27.8 Å². The average molecular weight is 446 g/mol. The first kappa shape index (κ1) is 22.2. The smallest absolute Gasteiger partial charge is 0.257 e. The molecule has 0 spiro atoms. The van der Waals surface area contributed by atoms with Crippen molar-refractivity contribution in [3.05, 3.63) is 54.4 Å². The van der Waals surface area contributed by atoms with Crippen LogP contribution in [0.4, 0.5) is 5.82 Å². The lowest BCUT2D eigenvalue weighted by molar-refractivity contribution is 0.102. The molecule has 3 N–H and O–H groups in total. The maximum absolute atomic E-state index is 12.6. The summed E-state index contributed by atoms with van der Waals surface area (Å²) in [7, 11) is -3.43. The number of aliphatic hydroxyl groups is 1. The molecule has 3 rings (SSSR count). The number of pyridine rings is 1. The summed E-state index contributed by atoms with van der Waals surface area (Å²) in [6, 6.07) is 8.98. The molecule has 1 atom stereocenters. The first-order chi connectivity index (χ1) is 14.8. The van der Waals surface area contributed by atoms with E-state index in [9.17, 15) is 18.3 Å². The summed E-state index contributed by atoms with van der Waals surface area (Å²) in [6.07, 6.45) is 2.36. The van der Waals surface area contributed by atoms with Gasteiger partial charge in [-0.25, -0.2) is 13.4 Å². The number of hydrogen-bond donors (Lipinski definition) is 3. The van der Waals surface area contributed by atoms with Crippen LogP contribution in [0.15, 0.2) is 53.8 Å². The Balaban J connectivity index is 1.87. The van der Waals surface area contributed by atoms with Gasteiger partial charge in [-0.2, -0.15) is 5.10 Å². The lowest BCUT2D eigenvalue weighted by Crippen LogP contribution is -2.17. The fraction of sp³-hybridized carbons (Fsp3) is 0.250. The molecule has 2 heterocycles. The zero-order valence-electron chi connectivity index (χ0n) is 16.9. The first-order valence-corrected chi connectivity index (χ1v) is 11.1. The van der Waals surface area contributed by atoms with E-state index in [2.05, 4.69) is 20.5 Å². The molecule has 0 aliphatic heterocycles. The van der Waals surface area contributed by atoms with Crippen molar-refractivity contribution in [2.45, 2.75) is 25.0 Å². The van der Waals surface area contributed by atoms with Crippen molar-refractivity contribution in [3.63, 3.8) is 0 Å². The molecular weight excluding hydrogens is 424 g/mol. The predicted octanol–water partition coefficient (Wildman–Crippen LogP) is 2.40. The summed E-state index contributed by atoms with van der Waals surface area (Å²) < 4.78 is 35.2. The van der Waals surface area contributed by atoms with Crippen LogP contribution >= 0.6 is 0 Å². The number of sulfone groups is 1. The number of hydrogen-bond acceptors (Lipinski definition) is 8. The largest absolute Gasteiger partial charge is 0.488 e. The van der Waals surface area contributed by atoms with Crippen LogP contribution in [0.25, 0.3) is 0 Å². The zero-order valence-corrected chi connectivity index (χ0v) is 17.7. The Bertz CT molecular complexity index is 1130. The van der Waals surface area contributed by atoms with Crippen molar-refractivity contribution in [3.8, 4) is 17.2 Å². The molecule has 3 aromatic rings. The van der Waals surface area contributed by atoms with E-state index in [4.69, 9.17) is 9.47 Å². The number of anilines is 1. The Morgan fingerprint density at radius 1 is 1.19 bits per heavy atom. The monoisotopic (exact) mass is 446 g/mol. The van der Waals surface area contributed by atoms with Gasteiger partial charge in [0.25, 0.3) is 5.91 Å². The Hall–Kier alpha value is -3.44. The highest BCUT2D eigenvalue weighted by Crippen LogP contribution is 2.29. The molecule has 0 saturated heterocycles. The van der Waals surface area contributed by atoms with Gasteiger partial charge in [0.15, 0.2) is 20.7 Å². The highest BCUT2D eigenvalue weighted by atomic mass is 32.2. The van der Waals surface area contributed by atoms with E-state index < -0.39 is 21.8 Å². The number of rotatable bonds is 9. The van der Waals surface area contributed by atoms with Gasteiger partial charge in [0.1, 0.15) is 23.4 Å². The minimum Gasteiger partial charge on any atom is -0.488 e. The number of aromatic nitrogens is 3. The van der Waals surface area contributed by atoms with Gasteiger partial charge in [0.05, 0.1) is 18.6 Å². The van der Waals surface area contributed by atoms with Gasteiger partial charge in [0, 0.05) is 23.9 Å². The van der Waals surface area contributed by atoms with Gasteiger partial charge in [-0.05, 0) is 31.2 Å². The van der Waals surface area contributed by atoms with Gasteiger partial charge < -0.3 is 19.9 Å². The number of benzene rings is 1. The standard InChI is InChI=1S/C20H22N4O6S/c1-3-31(27,28)19-5-4-15(11-21-19)30-17-9-14(8-16(10-17)29-13(2)12-25)20(26)23-18-6-7-22-24-18/h4-11,13,25H,3,12H2,1-2H3,(H2,22,23,24,26). The van der Waals surface area contributed by atoms with Crippen LogP contribution in [0, 0.1) is 0 Å². The lowest BCUT2D eigenvalue weighted by atomic mass is 10.2. The Labute approximate surface area is 179 Å². The quantitative estimate of drug-likeness (QED) is 0.455. The van der Waals surface area contributed by atoms with Crippen molar-refractivity contribution >= 4 is 21.6 Å². The molecule has 11 heteroatoms. The minimum atomic E-state index is -3.43. The maximum atomic E-state index is 12.6. The van der Waals surface area contributed by atoms with Gasteiger partial charge in [-0.1, -0.05) is 6.92 Å². The molecule has 1 amide bonds. The van der Waals surface area contributed by atoms with E-state index >= 15 is 0 Å². The Kier molecular flexibility index (Phi) is 6.88. The van der Waals surface area contributed by atoms with Crippen molar-refractivity contribution in [2.75, 3.05) is 17.7 Å². The molecule has 0 aliphatic rings. The molecule has 1 aromatic carbocycles. The fourth-order valence-corrected chi connectivity index (χ4v) is 3.30. The summed E-state index contributed by atoms with van der Waals surface area (Å²) in [5, 5.41) is 18.3. The summed E-state index contributed by atoms with van der Waals surface area (Å²) >= 11 is 0. The SMILES string of the molecule is CCS(=O)(=O)c1ccc(Oc2cc(OC(C)CO)cc(C(=O)Nc3cc[nH]n3)c2)cn1. The third-order valence-corrected chi connectivity index (χ3v) is 5.76. The molecule has 0 radical (unpaired) electrons. The predicted molar refractivity (Wildman–Crippen MR) is 112 cm³/mol. The number of amides is 1. The Morgan fingerprint density at radius 3 is 2.58 bits per heavy atom. The summed E-state index contributed by atoms with van der Waals surface area (Å²) in [6.45, 7) is 3.00. The highest BCUT2D eigenvalue weighted by molar-refractivity contribution is 7.91. The van der Waals surface area contributed by atoms with Crippen LogP contribution in [0.2, 0.25) is 0 Å². The number of aromatic amines is 1. The van der Waals surface area contributed by atoms with Crippen LogP contribution in [0.1, 0.15) is 24.2 Å². The van der Waals surface area contributed by atoms with Crippen LogP contribution in [0.5, 0.6) is 17.2 Å². The van der Waals surface area contributed by atoms with Gasteiger partial charge >= 0.3 is 0 Å². The second-order valence-electron chi connectivity index (χ2n) is 6.56. The minimum absolute atomic E-state index is 0.0460. The van der Waals surface area contributed by atoms with E-state index in [1.165, 1.54) is 37.4 Å². The Morgan fingerprint density at radius 2 is 1.97 bits per heavy atom. The van der Waals surface area contributed by atoms with E-state index in [1.807, 2.05) is 0 Å². The van der Waals surface area contributed by atoms with E-state index in [-0.39, 0.29) is 34.4 Å². The second kappa shape index (κ2) is 9.58. The molecule has 10 nitrogen and oxygen atoms in total. The van der Waals surface area contributed by atoms with E-state index in [1.54, 1.807) is 25.3 Å². The third kappa shape index (κ3) is 5.80. The summed E-state index contributed by atoms with van der Waals surface area (Å²) in [5.74, 6) is 0.700. The fourth-order valence-electron chi connectivity index (χ4n) is 2.51. The summed E-state index contributed by atoms with van der Waals surface area (Å²) in [4.78, 5) is 16.5.